The van der Waals surface area contributed by atoms with Crippen LogP contribution in [0.4, 0.5) is 8.78 Å². The number of carbonyl (C=O) groups excluding carboxylic acids is 1. The smallest absolute Gasteiger partial charge is 0.251 e. The molecule has 38 heavy (non-hydrogen) atoms. The number of nitrogens with one attached hydrogen (secondary N) is 1. The lowest BCUT2D eigenvalue weighted by Gasteiger charge is -2.15. The zero-order valence-electron chi connectivity index (χ0n) is 22.0. The van der Waals surface area contributed by atoms with E-state index in [0.717, 1.165) is 34.8 Å². The highest BCUT2D eigenvalue weighted by Gasteiger charge is 2.18. The Morgan fingerprint density at radius 2 is 1.63 bits per heavy atom. The molecular weight excluding hydrogens is 478 g/mol. The van der Waals surface area contributed by atoms with Gasteiger partial charge >= 0.3 is 0 Å². The molecule has 5 heteroatoms. The quantitative estimate of drug-likeness (QED) is 0.247. The molecule has 1 heterocycles. The second-order valence-electron chi connectivity index (χ2n) is 9.90. The molecule has 0 saturated carbocycles. The average molecular weight is 509 g/mol. The molecule has 0 spiro atoms. The Morgan fingerprint density at radius 3 is 2.34 bits per heavy atom. The number of halogens is 2. The summed E-state index contributed by atoms with van der Waals surface area (Å²) in [5, 5.41) is 3.84. The van der Waals surface area contributed by atoms with E-state index in [0.29, 0.717) is 5.56 Å². The predicted octanol–water partition coefficient (Wildman–Crippen LogP) is 8.05. The van der Waals surface area contributed by atoms with Gasteiger partial charge in [0.25, 0.3) is 5.91 Å². The van der Waals surface area contributed by atoms with Crippen LogP contribution < -0.4 is 5.32 Å². The van der Waals surface area contributed by atoms with Crippen molar-refractivity contribution in [3.8, 4) is 11.1 Å². The first-order valence-corrected chi connectivity index (χ1v) is 12.7. The highest BCUT2D eigenvalue weighted by Crippen LogP contribution is 2.29. The van der Waals surface area contributed by atoms with E-state index in [-0.39, 0.29) is 11.5 Å². The molecule has 1 unspecified atom stereocenters. The molecule has 0 aliphatic rings. The van der Waals surface area contributed by atoms with Crippen LogP contribution in [-0.4, -0.2) is 10.5 Å². The van der Waals surface area contributed by atoms with Crippen molar-refractivity contribution >= 4 is 16.8 Å². The monoisotopic (exact) mass is 508 g/mol. The molecule has 0 aliphatic heterocycles. The van der Waals surface area contributed by atoms with Crippen LogP contribution in [-0.2, 0) is 6.54 Å². The van der Waals surface area contributed by atoms with Gasteiger partial charge in [-0.1, -0.05) is 54.6 Å². The van der Waals surface area contributed by atoms with Crippen molar-refractivity contribution in [1.29, 1.82) is 0 Å². The number of rotatable bonds is 6. The van der Waals surface area contributed by atoms with Gasteiger partial charge in [0.05, 0.1) is 6.04 Å². The van der Waals surface area contributed by atoms with E-state index in [1.165, 1.54) is 34.4 Å². The fourth-order valence-corrected chi connectivity index (χ4v) is 5.07. The maximum absolute atomic E-state index is 14.2. The van der Waals surface area contributed by atoms with Crippen molar-refractivity contribution in [2.75, 3.05) is 0 Å². The van der Waals surface area contributed by atoms with E-state index in [4.69, 9.17) is 0 Å². The molecule has 0 bridgehead atoms. The number of aryl methyl sites for hydroxylation is 2. The topological polar surface area (TPSA) is 34.0 Å². The van der Waals surface area contributed by atoms with Gasteiger partial charge in [-0.25, -0.2) is 8.78 Å². The number of aromatic nitrogens is 1. The Kier molecular flexibility index (Phi) is 6.85. The van der Waals surface area contributed by atoms with E-state index in [1.807, 2.05) is 12.1 Å². The minimum Gasteiger partial charge on any atom is -0.345 e. The van der Waals surface area contributed by atoms with Crippen LogP contribution in [0.25, 0.3) is 22.0 Å². The van der Waals surface area contributed by atoms with Crippen molar-refractivity contribution < 1.29 is 13.6 Å². The Hall–Kier alpha value is -4.25. The number of hydrogen-bond acceptors (Lipinski definition) is 1. The van der Waals surface area contributed by atoms with Gasteiger partial charge in [0.2, 0.25) is 0 Å². The van der Waals surface area contributed by atoms with Crippen LogP contribution in [0.1, 0.15) is 51.3 Å². The summed E-state index contributed by atoms with van der Waals surface area (Å²) in [6.07, 6.45) is 0. The average Bonchev–Trinajstić information content (AvgIpc) is 3.13. The molecule has 3 nitrogen and oxygen atoms in total. The van der Waals surface area contributed by atoms with Crippen molar-refractivity contribution in [1.82, 2.24) is 9.88 Å². The zero-order valence-corrected chi connectivity index (χ0v) is 22.0. The first-order chi connectivity index (χ1) is 18.2. The van der Waals surface area contributed by atoms with E-state index < -0.39 is 17.7 Å². The maximum Gasteiger partial charge on any atom is 0.251 e. The van der Waals surface area contributed by atoms with E-state index in [9.17, 15) is 13.6 Å². The summed E-state index contributed by atoms with van der Waals surface area (Å²) in [5.74, 6) is -1.63. The van der Waals surface area contributed by atoms with Crippen molar-refractivity contribution in [2.45, 2.75) is 40.3 Å². The second-order valence-corrected chi connectivity index (χ2v) is 9.90. The summed E-state index contributed by atoms with van der Waals surface area (Å²) in [4.78, 5) is 13.0. The second kappa shape index (κ2) is 10.3. The molecule has 192 valence electrons. The zero-order chi connectivity index (χ0) is 27.0. The van der Waals surface area contributed by atoms with Crippen LogP contribution in [0.3, 0.4) is 0 Å². The molecule has 0 fully saturated rings. The first-order valence-electron chi connectivity index (χ1n) is 12.7. The van der Waals surface area contributed by atoms with Gasteiger partial charge in [0, 0.05) is 40.3 Å². The standard InChI is InChI=1S/C33H30F2N2O/c1-20-7-5-6-8-28(20)25-11-9-24(10-12-25)19-37-23(4)21(2)30-17-26(13-16-32(30)37)33(38)36-22(3)29-15-14-27(34)18-31(29)35/h5-18,22H,19H2,1-4H3,(H,36,38). The van der Waals surface area contributed by atoms with E-state index >= 15 is 0 Å². The molecule has 1 atom stereocenters. The molecule has 0 saturated heterocycles. The van der Waals surface area contributed by atoms with Crippen molar-refractivity contribution in [2.24, 2.45) is 0 Å². The fourth-order valence-electron chi connectivity index (χ4n) is 5.07. The highest BCUT2D eigenvalue weighted by atomic mass is 19.1. The van der Waals surface area contributed by atoms with Gasteiger partial charge in [-0.2, -0.15) is 0 Å². The van der Waals surface area contributed by atoms with E-state index in [2.05, 4.69) is 79.2 Å². The Morgan fingerprint density at radius 1 is 0.895 bits per heavy atom. The number of nitrogens with zero attached hydrogens (tertiary/aromatic N) is 1. The summed E-state index contributed by atoms with van der Waals surface area (Å²) >= 11 is 0. The largest absolute Gasteiger partial charge is 0.345 e. The Balaban J connectivity index is 1.38. The van der Waals surface area contributed by atoms with Gasteiger partial charge in [-0.05, 0) is 79.8 Å². The van der Waals surface area contributed by atoms with Gasteiger partial charge in [0.1, 0.15) is 11.6 Å². The molecule has 5 aromatic rings. The van der Waals surface area contributed by atoms with Gasteiger partial charge < -0.3 is 9.88 Å². The summed E-state index contributed by atoms with van der Waals surface area (Å²) in [6, 6.07) is 25.5. The van der Waals surface area contributed by atoms with Crippen LogP contribution in [0.2, 0.25) is 0 Å². The summed E-state index contributed by atoms with van der Waals surface area (Å²) in [6.45, 7) is 8.68. The first kappa shape index (κ1) is 25.4. The SMILES string of the molecule is Cc1ccccc1-c1ccc(Cn2c(C)c(C)c3cc(C(=O)NC(C)c4ccc(F)cc4F)ccc32)cc1. The summed E-state index contributed by atoms with van der Waals surface area (Å²) in [7, 11) is 0. The molecule has 0 aliphatic carbocycles. The summed E-state index contributed by atoms with van der Waals surface area (Å²) < 4.78 is 29.7. The molecule has 4 aromatic carbocycles. The molecule has 1 amide bonds. The Bertz CT molecular complexity index is 1650. The minimum absolute atomic E-state index is 0.243. The van der Waals surface area contributed by atoms with Gasteiger partial charge in [0.15, 0.2) is 0 Å². The molecule has 1 aromatic heterocycles. The number of amides is 1. The van der Waals surface area contributed by atoms with Crippen LogP contribution in [0, 0.1) is 32.4 Å². The van der Waals surface area contributed by atoms with Crippen LogP contribution >= 0.6 is 0 Å². The summed E-state index contributed by atoms with van der Waals surface area (Å²) in [5.41, 5.74) is 8.92. The van der Waals surface area contributed by atoms with Crippen molar-refractivity contribution in [3.05, 3.63) is 130 Å². The van der Waals surface area contributed by atoms with Gasteiger partial charge in [-0.3, -0.25) is 4.79 Å². The number of carbonyl (C=O) groups is 1. The van der Waals surface area contributed by atoms with Crippen LogP contribution in [0.5, 0.6) is 0 Å². The minimum atomic E-state index is -0.677. The normalized spacial score (nSPS) is 12.1. The third-order valence-corrected chi connectivity index (χ3v) is 7.43. The molecule has 1 N–H and O–H groups in total. The number of fused-ring (bicyclic) bond motifs is 1. The third kappa shape index (κ3) is 4.84. The van der Waals surface area contributed by atoms with Crippen molar-refractivity contribution in [3.63, 3.8) is 0 Å². The Labute approximate surface area is 221 Å². The molecule has 5 rings (SSSR count). The maximum atomic E-state index is 14.2. The van der Waals surface area contributed by atoms with Crippen LogP contribution in [0.15, 0.2) is 84.9 Å². The lowest BCUT2D eigenvalue weighted by Crippen LogP contribution is -2.27. The lowest BCUT2D eigenvalue weighted by atomic mass is 9.99. The van der Waals surface area contributed by atoms with Gasteiger partial charge in [-0.15, -0.1) is 0 Å². The predicted molar refractivity (Wildman–Crippen MR) is 149 cm³/mol. The third-order valence-electron chi connectivity index (χ3n) is 7.43. The molecular formula is C33H30F2N2O. The molecule has 0 radical (unpaired) electrons. The highest BCUT2D eigenvalue weighted by molar-refractivity contribution is 5.99. The number of hydrogen-bond donors (Lipinski definition) is 1. The fraction of sp³-hybridized carbons (Fsp3) is 0.182. The lowest BCUT2D eigenvalue weighted by molar-refractivity contribution is 0.0939. The number of benzene rings is 4. The van der Waals surface area contributed by atoms with E-state index in [1.54, 1.807) is 13.0 Å².